The third-order valence-corrected chi connectivity index (χ3v) is 6.93. The molecule has 0 unspecified atom stereocenters. The van der Waals surface area contributed by atoms with Crippen LogP contribution >= 0.6 is 0 Å². The first-order valence-corrected chi connectivity index (χ1v) is 10.9. The van der Waals surface area contributed by atoms with E-state index in [4.69, 9.17) is 0 Å². The predicted octanol–water partition coefficient (Wildman–Crippen LogP) is 2.11. The molecule has 2 heterocycles. The summed E-state index contributed by atoms with van der Waals surface area (Å²) in [6.45, 7) is 4.76. The van der Waals surface area contributed by atoms with E-state index in [0.717, 1.165) is 11.4 Å². The van der Waals surface area contributed by atoms with Crippen molar-refractivity contribution in [1.29, 1.82) is 0 Å². The molecule has 0 atom stereocenters. The first-order valence-electron chi connectivity index (χ1n) is 9.30. The molecule has 1 aliphatic heterocycles. The molecular formula is C19H26N4O3S. The lowest BCUT2D eigenvalue weighted by Gasteiger charge is -2.31. The van der Waals surface area contributed by atoms with Crippen LogP contribution in [0.4, 0.5) is 0 Å². The lowest BCUT2D eigenvalue weighted by Crippen LogP contribution is -2.47. The maximum absolute atomic E-state index is 12.5. The van der Waals surface area contributed by atoms with Gasteiger partial charge in [0.2, 0.25) is 10.0 Å². The van der Waals surface area contributed by atoms with Gasteiger partial charge in [-0.2, -0.15) is 5.10 Å². The Morgan fingerprint density at radius 2 is 1.85 bits per heavy atom. The maximum Gasteiger partial charge on any atom is 0.251 e. The van der Waals surface area contributed by atoms with E-state index in [1.165, 1.54) is 0 Å². The van der Waals surface area contributed by atoms with Crippen molar-refractivity contribution in [3.63, 3.8) is 0 Å². The summed E-state index contributed by atoms with van der Waals surface area (Å²) in [6.07, 6.45) is 3.63. The van der Waals surface area contributed by atoms with E-state index >= 15 is 0 Å². The van der Waals surface area contributed by atoms with E-state index in [0.29, 0.717) is 37.9 Å². The molecule has 1 aromatic heterocycles. The molecule has 0 aliphatic carbocycles. The van der Waals surface area contributed by atoms with Crippen molar-refractivity contribution in [3.05, 3.63) is 47.8 Å². The van der Waals surface area contributed by atoms with Gasteiger partial charge in [0.25, 0.3) is 5.91 Å². The Kier molecular flexibility index (Phi) is 5.96. The van der Waals surface area contributed by atoms with Crippen LogP contribution < -0.4 is 5.32 Å². The second kappa shape index (κ2) is 8.22. The molecule has 1 aliphatic rings. The van der Waals surface area contributed by atoms with Crippen molar-refractivity contribution in [3.8, 4) is 5.69 Å². The number of nitrogens with one attached hydrogen (secondary N) is 1. The molecule has 1 amide bonds. The number of sulfonamides is 1. The van der Waals surface area contributed by atoms with Gasteiger partial charge < -0.3 is 5.32 Å². The fourth-order valence-corrected chi connectivity index (χ4v) is 4.87. The molecule has 0 bridgehead atoms. The molecule has 1 aromatic carbocycles. The van der Waals surface area contributed by atoms with Gasteiger partial charge in [0, 0.05) is 36.6 Å². The predicted molar refractivity (Wildman–Crippen MR) is 104 cm³/mol. The number of hydrogen-bond acceptors (Lipinski definition) is 4. The van der Waals surface area contributed by atoms with Gasteiger partial charge >= 0.3 is 0 Å². The van der Waals surface area contributed by atoms with Gasteiger partial charge in [-0.3, -0.25) is 4.79 Å². The van der Waals surface area contributed by atoms with Crippen molar-refractivity contribution in [2.45, 2.75) is 39.2 Å². The minimum Gasteiger partial charge on any atom is -0.349 e. The quantitative estimate of drug-likeness (QED) is 0.819. The first-order chi connectivity index (χ1) is 12.9. The van der Waals surface area contributed by atoms with Crippen LogP contribution in [0.15, 0.2) is 36.5 Å². The largest absolute Gasteiger partial charge is 0.349 e. The number of rotatable bonds is 6. The number of aromatic nitrogens is 2. The molecular weight excluding hydrogens is 364 g/mol. The van der Waals surface area contributed by atoms with Crippen molar-refractivity contribution >= 4 is 15.9 Å². The van der Waals surface area contributed by atoms with E-state index in [9.17, 15) is 13.2 Å². The highest BCUT2D eigenvalue weighted by atomic mass is 32.2. The molecule has 27 heavy (non-hydrogen) atoms. The van der Waals surface area contributed by atoms with E-state index < -0.39 is 10.0 Å². The molecule has 0 spiro atoms. The smallest absolute Gasteiger partial charge is 0.251 e. The van der Waals surface area contributed by atoms with Crippen LogP contribution in [0.25, 0.3) is 5.69 Å². The fourth-order valence-electron chi connectivity index (χ4n) is 3.33. The van der Waals surface area contributed by atoms with Gasteiger partial charge in [-0.15, -0.1) is 0 Å². The monoisotopic (exact) mass is 390 g/mol. The second-order valence-electron chi connectivity index (χ2n) is 6.89. The average molecular weight is 391 g/mol. The summed E-state index contributed by atoms with van der Waals surface area (Å²) in [5.74, 6) is 0.0557. The maximum atomic E-state index is 12.5. The number of aryl methyl sites for hydroxylation is 1. The second-order valence-corrected chi connectivity index (χ2v) is 8.98. The van der Waals surface area contributed by atoms with Crippen molar-refractivity contribution < 1.29 is 13.2 Å². The topological polar surface area (TPSA) is 84.3 Å². The van der Waals surface area contributed by atoms with Crippen LogP contribution in [0.2, 0.25) is 0 Å². The molecule has 1 saturated heterocycles. The third kappa shape index (κ3) is 4.56. The minimum absolute atomic E-state index is 0.00128. The molecule has 146 valence electrons. The van der Waals surface area contributed by atoms with E-state index in [1.54, 1.807) is 22.6 Å². The van der Waals surface area contributed by atoms with Crippen LogP contribution in [-0.4, -0.2) is 53.3 Å². The van der Waals surface area contributed by atoms with Crippen molar-refractivity contribution in [2.24, 2.45) is 0 Å². The zero-order chi connectivity index (χ0) is 19.4. The Balaban J connectivity index is 1.56. The Hall–Kier alpha value is -2.19. The van der Waals surface area contributed by atoms with Crippen molar-refractivity contribution in [1.82, 2.24) is 19.4 Å². The van der Waals surface area contributed by atoms with Gasteiger partial charge in [0.15, 0.2) is 0 Å². The number of carbonyl (C=O) groups is 1. The molecule has 0 saturated carbocycles. The lowest BCUT2D eigenvalue weighted by atomic mass is 10.1. The molecule has 1 fully saturated rings. The van der Waals surface area contributed by atoms with Gasteiger partial charge in [-0.25, -0.2) is 17.4 Å². The summed E-state index contributed by atoms with van der Waals surface area (Å²) in [6, 6.07) is 9.23. The molecule has 2 aromatic rings. The van der Waals surface area contributed by atoms with E-state index in [2.05, 4.69) is 10.4 Å². The highest BCUT2D eigenvalue weighted by Crippen LogP contribution is 2.16. The Morgan fingerprint density at radius 1 is 1.19 bits per heavy atom. The molecule has 1 N–H and O–H groups in total. The first kappa shape index (κ1) is 19.6. The number of nitrogens with zero attached hydrogens (tertiary/aromatic N) is 3. The normalized spacial score (nSPS) is 16.4. The van der Waals surface area contributed by atoms with Crippen LogP contribution in [0.5, 0.6) is 0 Å². The Labute approximate surface area is 160 Å². The fraction of sp³-hybridized carbons (Fsp3) is 0.474. The Bertz CT molecular complexity index is 882. The van der Waals surface area contributed by atoms with Crippen LogP contribution in [0.3, 0.4) is 0 Å². The van der Waals surface area contributed by atoms with Crippen LogP contribution in [-0.2, 0) is 10.0 Å². The van der Waals surface area contributed by atoms with Crippen LogP contribution in [0, 0.1) is 6.92 Å². The number of hydrogen-bond donors (Lipinski definition) is 1. The number of benzene rings is 1. The molecule has 3 rings (SSSR count). The minimum atomic E-state index is -3.15. The summed E-state index contributed by atoms with van der Waals surface area (Å²) < 4.78 is 27.6. The zero-order valence-corrected chi connectivity index (χ0v) is 16.6. The number of carbonyl (C=O) groups excluding carboxylic acids is 1. The van der Waals surface area contributed by atoms with Crippen molar-refractivity contribution in [2.75, 3.05) is 18.8 Å². The molecule has 8 heteroatoms. The zero-order valence-electron chi connectivity index (χ0n) is 15.8. The van der Waals surface area contributed by atoms with E-state index in [-0.39, 0.29) is 17.7 Å². The van der Waals surface area contributed by atoms with E-state index in [1.807, 2.05) is 36.7 Å². The highest BCUT2D eigenvalue weighted by Gasteiger charge is 2.28. The molecule has 0 radical (unpaired) electrons. The molecule has 7 nitrogen and oxygen atoms in total. The lowest BCUT2D eigenvalue weighted by molar-refractivity contribution is 0.0924. The average Bonchev–Trinajstić information content (AvgIpc) is 3.08. The number of piperidine rings is 1. The highest BCUT2D eigenvalue weighted by molar-refractivity contribution is 7.89. The summed E-state index contributed by atoms with van der Waals surface area (Å²) in [4.78, 5) is 12.5. The van der Waals surface area contributed by atoms with Gasteiger partial charge in [0.05, 0.1) is 11.4 Å². The summed E-state index contributed by atoms with van der Waals surface area (Å²) >= 11 is 0. The Morgan fingerprint density at radius 3 is 2.41 bits per heavy atom. The summed E-state index contributed by atoms with van der Waals surface area (Å²) in [7, 11) is -3.15. The third-order valence-electron chi connectivity index (χ3n) is 4.85. The number of amides is 1. The summed E-state index contributed by atoms with van der Waals surface area (Å²) in [5, 5.41) is 7.28. The van der Waals surface area contributed by atoms with Gasteiger partial charge in [-0.1, -0.05) is 6.92 Å². The SMILES string of the molecule is CCCS(=O)(=O)N1CCC(NC(=O)c2ccc(-n3nccc3C)cc2)CC1. The van der Waals surface area contributed by atoms with Crippen LogP contribution in [0.1, 0.15) is 42.2 Å². The van der Waals surface area contributed by atoms with Gasteiger partial charge in [-0.05, 0) is 56.5 Å². The standard InChI is InChI=1S/C19H26N4O3S/c1-3-14-27(25,26)22-12-9-17(10-13-22)21-19(24)16-4-6-18(7-5-16)23-15(2)8-11-20-23/h4-8,11,17H,3,9-10,12-14H2,1-2H3,(H,21,24). The summed E-state index contributed by atoms with van der Waals surface area (Å²) in [5.41, 5.74) is 2.52. The van der Waals surface area contributed by atoms with Gasteiger partial charge in [0.1, 0.15) is 0 Å².